The molecule has 0 aliphatic rings. The van der Waals surface area contributed by atoms with E-state index in [2.05, 4.69) is 68.9 Å². The number of rotatable bonds is 1. The van der Waals surface area contributed by atoms with Crippen molar-refractivity contribution in [3.05, 3.63) is 30.3 Å². The van der Waals surface area contributed by atoms with Crippen LogP contribution in [0.2, 0.25) is 18.1 Å². The van der Waals surface area contributed by atoms with Crippen molar-refractivity contribution in [1.82, 2.24) is 0 Å². The summed E-state index contributed by atoms with van der Waals surface area (Å²) in [6.45, 7) is 11.6. The molecular formula is C14H20SSi. The van der Waals surface area contributed by atoms with Crippen LogP contribution < -0.4 is 0 Å². The third kappa shape index (κ3) is 3.73. The second-order valence-electron chi connectivity index (χ2n) is 5.52. The van der Waals surface area contributed by atoms with Crippen molar-refractivity contribution in [1.29, 1.82) is 0 Å². The van der Waals surface area contributed by atoms with E-state index in [9.17, 15) is 0 Å². The minimum absolute atomic E-state index is 0.344. The number of benzene rings is 1. The van der Waals surface area contributed by atoms with E-state index >= 15 is 0 Å². The van der Waals surface area contributed by atoms with Crippen LogP contribution in [-0.4, -0.2) is 8.07 Å². The molecule has 1 aromatic rings. The fraction of sp³-hybridized carbons (Fsp3) is 0.429. The summed E-state index contributed by atoms with van der Waals surface area (Å²) in [4.78, 5) is 1.23. The Morgan fingerprint density at radius 3 is 2.12 bits per heavy atom. The topological polar surface area (TPSA) is 0 Å². The highest BCUT2D eigenvalue weighted by Crippen LogP contribution is 2.35. The maximum Gasteiger partial charge on any atom is 0.138 e. The molecule has 0 amide bonds. The highest BCUT2D eigenvalue weighted by molar-refractivity contribution is 8.04. The lowest BCUT2D eigenvalue weighted by molar-refractivity contribution is 0.731. The Kier molecular flexibility index (Phi) is 4.29. The van der Waals surface area contributed by atoms with E-state index < -0.39 is 8.07 Å². The molecule has 0 aliphatic heterocycles. The SMILES string of the molecule is CC(C)(C)[Si](C)(C)C#CSc1ccccc1. The Labute approximate surface area is 105 Å². The van der Waals surface area contributed by atoms with Gasteiger partial charge in [-0.25, -0.2) is 0 Å². The molecule has 0 radical (unpaired) electrons. The van der Waals surface area contributed by atoms with Crippen LogP contribution >= 0.6 is 11.8 Å². The fourth-order valence-electron chi connectivity index (χ4n) is 0.888. The van der Waals surface area contributed by atoms with E-state index in [1.807, 2.05) is 6.07 Å². The smallest absolute Gasteiger partial charge is 0.119 e. The lowest BCUT2D eigenvalue weighted by Crippen LogP contribution is -2.35. The average molecular weight is 248 g/mol. The molecular weight excluding hydrogens is 228 g/mol. The summed E-state index contributed by atoms with van der Waals surface area (Å²) in [5.41, 5.74) is 3.50. The minimum atomic E-state index is -1.44. The zero-order valence-electron chi connectivity index (χ0n) is 10.8. The van der Waals surface area contributed by atoms with Crippen LogP contribution in [0.25, 0.3) is 0 Å². The molecule has 16 heavy (non-hydrogen) atoms. The molecule has 0 fully saturated rings. The molecule has 0 N–H and O–H groups in total. The average Bonchev–Trinajstić information content (AvgIpc) is 2.17. The van der Waals surface area contributed by atoms with Crippen molar-refractivity contribution >= 4 is 19.8 Å². The molecule has 0 bridgehead atoms. The van der Waals surface area contributed by atoms with Crippen LogP contribution in [0.1, 0.15) is 20.8 Å². The van der Waals surface area contributed by atoms with E-state index in [1.165, 1.54) is 4.90 Å². The molecule has 0 saturated carbocycles. The van der Waals surface area contributed by atoms with Gasteiger partial charge in [-0.15, -0.1) is 5.54 Å². The number of thioether (sulfide) groups is 1. The minimum Gasteiger partial charge on any atom is -0.119 e. The molecule has 0 heterocycles. The zero-order chi connectivity index (χ0) is 12.2. The van der Waals surface area contributed by atoms with Gasteiger partial charge in [0.1, 0.15) is 8.07 Å². The summed E-state index contributed by atoms with van der Waals surface area (Å²) in [5.74, 6) is 0. The van der Waals surface area contributed by atoms with Gasteiger partial charge in [0.05, 0.1) is 0 Å². The van der Waals surface area contributed by atoms with Crippen LogP contribution in [0.5, 0.6) is 0 Å². The van der Waals surface area contributed by atoms with Crippen molar-refractivity contribution < 1.29 is 0 Å². The van der Waals surface area contributed by atoms with E-state index in [1.54, 1.807) is 11.8 Å². The lowest BCUT2D eigenvalue weighted by atomic mass is 10.2. The summed E-state index contributed by atoms with van der Waals surface area (Å²) >= 11 is 1.64. The third-order valence-corrected chi connectivity index (χ3v) is 8.54. The summed E-state index contributed by atoms with van der Waals surface area (Å²) in [5, 5.41) is 3.62. The Morgan fingerprint density at radius 1 is 1.06 bits per heavy atom. The summed E-state index contributed by atoms with van der Waals surface area (Å²) in [6, 6.07) is 10.3. The van der Waals surface area contributed by atoms with Crippen LogP contribution in [0.15, 0.2) is 35.2 Å². The van der Waals surface area contributed by atoms with Crippen molar-refractivity contribution in [2.45, 2.75) is 43.8 Å². The van der Waals surface area contributed by atoms with E-state index in [4.69, 9.17) is 0 Å². The molecule has 0 atom stereocenters. The zero-order valence-corrected chi connectivity index (χ0v) is 12.6. The largest absolute Gasteiger partial charge is 0.138 e. The van der Waals surface area contributed by atoms with Crippen LogP contribution in [0.3, 0.4) is 0 Å². The van der Waals surface area contributed by atoms with Crippen molar-refractivity contribution in [2.75, 3.05) is 0 Å². The first kappa shape index (κ1) is 13.4. The monoisotopic (exact) mass is 248 g/mol. The second kappa shape index (κ2) is 5.12. The molecule has 0 saturated heterocycles. The molecule has 0 aliphatic carbocycles. The summed E-state index contributed by atoms with van der Waals surface area (Å²) in [6.07, 6.45) is 0. The van der Waals surface area contributed by atoms with E-state index in [0.29, 0.717) is 5.04 Å². The van der Waals surface area contributed by atoms with Gasteiger partial charge in [-0.05, 0) is 34.2 Å². The highest BCUT2D eigenvalue weighted by atomic mass is 32.2. The first-order chi connectivity index (χ1) is 7.33. The predicted octanol–water partition coefficient (Wildman–Crippen LogP) is 4.79. The van der Waals surface area contributed by atoms with Gasteiger partial charge in [0.2, 0.25) is 0 Å². The molecule has 2 heteroatoms. The van der Waals surface area contributed by atoms with Crippen LogP contribution in [-0.2, 0) is 0 Å². The van der Waals surface area contributed by atoms with Gasteiger partial charge in [-0.3, -0.25) is 0 Å². The Balaban J connectivity index is 2.70. The maximum absolute atomic E-state index is 3.50. The van der Waals surface area contributed by atoms with Gasteiger partial charge in [-0.1, -0.05) is 52.1 Å². The Hall–Kier alpha value is -0.653. The maximum atomic E-state index is 3.50. The quantitative estimate of drug-likeness (QED) is 0.391. The first-order valence-electron chi connectivity index (χ1n) is 5.57. The summed E-state index contributed by atoms with van der Waals surface area (Å²) < 4.78 is 0. The number of hydrogen-bond acceptors (Lipinski definition) is 1. The molecule has 0 unspecified atom stereocenters. The molecule has 86 valence electrons. The van der Waals surface area contributed by atoms with Crippen LogP contribution in [0, 0.1) is 10.8 Å². The molecule has 0 aromatic heterocycles. The number of hydrogen-bond donors (Lipinski definition) is 0. The van der Waals surface area contributed by atoms with Crippen molar-refractivity contribution in [2.24, 2.45) is 0 Å². The third-order valence-electron chi connectivity index (χ3n) is 3.15. The molecule has 1 rings (SSSR count). The standard InChI is InChI=1S/C14H20SSi/c1-14(2,3)16(4,5)12-11-15-13-9-7-6-8-10-13/h6-10H,1-5H3. The normalized spacial score (nSPS) is 11.8. The lowest BCUT2D eigenvalue weighted by Gasteiger charge is -2.31. The highest BCUT2D eigenvalue weighted by Gasteiger charge is 2.33. The van der Waals surface area contributed by atoms with Gasteiger partial charge in [-0.2, -0.15) is 0 Å². The van der Waals surface area contributed by atoms with Gasteiger partial charge >= 0.3 is 0 Å². The molecule has 1 aromatic carbocycles. The van der Waals surface area contributed by atoms with E-state index in [0.717, 1.165) is 0 Å². The molecule has 0 nitrogen and oxygen atoms in total. The van der Waals surface area contributed by atoms with Gasteiger partial charge < -0.3 is 0 Å². The van der Waals surface area contributed by atoms with E-state index in [-0.39, 0.29) is 0 Å². The fourth-order valence-corrected chi connectivity index (χ4v) is 2.90. The van der Waals surface area contributed by atoms with Crippen LogP contribution in [0.4, 0.5) is 0 Å². The summed E-state index contributed by atoms with van der Waals surface area (Å²) in [7, 11) is -1.44. The predicted molar refractivity (Wildman–Crippen MR) is 77.3 cm³/mol. The first-order valence-corrected chi connectivity index (χ1v) is 9.39. The Bertz CT molecular complexity index is 390. The van der Waals surface area contributed by atoms with Crippen molar-refractivity contribution in [3.8, 4) is 10.8 Å². The second-order valence-corrected chi connectivity index (χ2v) is 11.4. The Morgan fingerprint density at radius 2 is 1.62 bits per heavy atom. The van der Waals surface area contributed by atoms with Gasteiger partial charge in [0.25, 0.3) is 0 Å². The van der Waals surface area contributed by atoms with Gasteiger partial charge in [0.15, 0.2) is 0 Å². The van der Waals surface area contributed by atoms with Crippen molar-refractivity contribution in [3.63, 3.8) is 0 Å². The molecule has 0 spiro atoms. The van der Waals surface area contributed by atoms with Gasteiger partial charge in [0, 0.05) is 4.90 Å².